The van der Waals surface area contributed by atoms with Gasteiger partial charge in [-0.05, 0) is 24.6 Å². The number of phenols is 1. The Balaban J connectivity index is 2.55. The summed E-state index contributed by atoms with van der Waals surface area (Å²) in [5, 5.41) is 18.5. The van der Waals surface area contributed by atoms with Gasteiger partial charge in [-0.2, -0.15) is 0 Å². The van der Waals surface area contributed by atoms with Gasteiger partial charge in [0.1, 0.15) is 11.9 Å². The molecule has 1 rings (SSSR count). The first-order valence-electron chi connectivity index (χ1n) is 4.28. The number of aliphatic hydroxyl groups is 1. The summed E-state index contributed by atoms with van der Waals surface area (Å²) in [7, 11) is 0. The molecule has 2 N–H and O–H groups in total. The molecular weight excluding hydrogens is 168 g/mol. The fourth-order valence-corrected chi connectivity index (χ4v) is 1.02. The highest BCUT2D eigenvalue weighted by Gasteiger charge is 2.06. The van der Waals surface area contributed by atoms with Crippen molar-refractivity contribution >= 4 is 0 Å². The normalized spacial score (nSPS) is 12.8. The Hall–Kier alpha value is -1.06. The van der Waals surface area contributed by atoms with E-state index in [-0.39, 0.29) is 5.75 Å². The van der Waals surface area contributed by atoms with Crippen LogP contribution in [-0.2, 0) is 4.74 Å². The number of aliphatic hydroxyl groups excluding tert-OH is 1. The highest BCUT2D eigenvalue weighted by Crippen LogP contribution is 2.16. The fourth-order valence-electron chi connectivity index (χ4n) is 1.02. The number of hydrogen-bond acceptors (Lipinski definition) is 3. The molecule has 0 aliphatic heterocycles. The second-order valence-corrected chi connectivity index (χ2v) is 2.77. The van der Waals surface area contributed by atoms with Crippen molar-refractivity contribution in [1.82, 2.24) is 0 Å². The molecule has 0 aromatic heterocycles. The Labute approximate surface area is 77.6 Å². The Bertz CT molecular complexity index is 243. The average Bonchev–Trinajstić information content (AvgIpc) is 2.15. The lowest BCUT2D eigenvalue weighted by Crippen LogP contribution is -2.06. The van der Waals surface area contributed by atoms with Gasteiger partial charge in [0.15, 0.2) is 0 Å². The van der Waals surface area contributed by atoms with Crippen LogP contribution in [0.4, 0.5) is 0 Å². The topological polar surface area (TPSA) is 49.7 Å². The molecule has 0 spiro atoms. The summed E-state index contributed by atoms with van der Waals surface area (Å²) in [6, 6.07) is 6.45. The number of ether oxygens (including phenoxy) is 1. The van der Waals surface area contributed by atoms with Gasteiger partial charge in [-0.1, -0.05) is 12.1 Å². The molecule has 3 heteroatoms. The van der Waals surface area contributed by atoms with E-state index in [1.165, 1.54) is 0 Å². The SMILES string of the molecule is CCOCC(O)c1ccc(O)cc1. The molecule has 13 heavy (non-hydrogen) atoms. The van der Waals surface area contributed by atoms with E-state index in [1.807, 2.05) is 6.92 Å². The van der Waals surface area contributed by atoms with Crippen molar-refractivity contribution in [3.05, 3.63) is 29.8 Å². The zero-order valence-electron chi connectivity index (χ0n) is 7.60. The number of phenolic OH excluding ortho intramolecular Hbond substituents is 1. The molecule has 1 atom stereocenters. The van der Waals surface area contributed by atoms with Gasteiger partial charge in [0.25, 0.3) is 0 Å². The number of hydrogen-bond donors (Lipinski definition) is 2. The zero-order valence-corrected chi connectivity index (χ0v) is 7.60. The van der Waals surface area contributed by atoms with Crippen molar-refractivity contribution in [1.29, 1.82) is 0 Å². The smallest absolute Gasteiger partial charge is 0.115 e. The van der Waals surface area contributed by atoms with Gasteiger partial charge in [0.2, 0.25) is 0 Å². The molecule has 1 unspecified atom stereocenters. The molecule has 0 saturated carbocycles. The predicted molar refractivity (Wildman–Crippen MR) is 49.6 cm³/mol. The van der Waals surface area contributed by atoms with Crippen molar-refractivity contribution in [2.24, 2.45) is 0 Å². The van der Waals surface area contributed by atoms with Gasteiger partial charge in [0, 0.05) is 6.61 Å². The molecule has 0 aliphatic carbocycles. The lowest BCUT2D eigenvalue weighted by Gasteiger charge is -2.10. The van der Waals surface area contributed by atoms with E-state index in [0.29, 0.717) is 13.2 Å². The minimum atomic E-state index is -0.611. The largest absolute Gasteiger partial charge is 0.508 e. The van der Waals surface area contributed by atoms with Crippen molar-refractivity contribution < 1.29 is 14.9 Å². The summed E-state index contributed by atoms with van der Waals surface area (Å²) in [6.45, 7) is 2.76. The predicted octanol–water partition coefficient (Wildman–Crippen LogP) is 1.46. The maximum Gasteiger partial charge on any atom is 0.115 e. The first-order chi connectivity index (χ1) is 6.24. The van der Waals surface area contributed by atoms with Gasteiger partial charge in [0.05, 0.1) is 6.61 Å². The summed E-state index contributed by atoms with van der Waals surface area (Å²) in [5.74, 6) is 0.201. The molecule has 0 saturated heterocycles. The lowest BCUT2D eigenvalue weighted by atomic mass is 10.1. The van der Waals surface area contributed by atoms with Crippen LogP contribution in [0.3, 0.4) is 0 Å². The third-order valence-corrected chi connectivity index (χ3v) is 1.76. The van der Waals surface area contributed by atoms with Crippen LogP contribution in [0.25, 0.3) is 0 Å². The van der Waals surface area contributed by atoms with E-state index in [2.05, 4.69) is 0 Å². The molecule has 0 bridgehead atoms. The van der Waals surface area contributed by atoms with Gasteiger partial charge >= 0.3 is 0 Å². The summed E-state index contributed by atoms with van der Waals surface area (Å²) < 4.78 is 5.07. The minimum Gasteiger partial charge on any atom is -0.508 e. The minimum absolute atomic E-state index is 0.201. The third-order valence-electron chi connectivity index (χ3n) is 1.76. The van der Waals surface area contributed by atoms with Gasteiger partial charge in [-0.15, -0.1) is 0 Å². The first kappa shape index (κ1) is 10.0. The zero-order chi connectivity index (χ0) is 9.68. The monoisotopic (exact) mass is 182 g/mol. The maximum absolute atomic E-state index is 9.54. The average molecular weight is 182 g/mol. The molecule has 0 heterocycles. The van der Waals surface area contributed by atoms with Crippen molar-refractivity contribution in [3.8, 4) is 5.75 Å². The quantitative estimate of drug-likeness (QED) is 0.741. The van der Waals surface area contributed by atoms with E-state index in [4.69, 9.17) is 9.84 Å². The molecule has 1 aromatic rings. The van der Waals surface area contributed by atoms with Crippen LogP contribution in [0, 0.1) is 0 Å². The van der Waals surface area contributed by atoms with Crippen LogP contribution in [0.2, 0.25) is 0 Å². The van der Waals surface area contributed by atoms with E-state index in [1.54, 1.807) is 24.3 Å². The first-order valence-corrected chi connectivity index (χ1v) is 4.28. The van der Waals surface area contributed by atoms with Gasteiger partial charge < -0.3 is 14.9 Å². The fraction of sp³-hybridized carbons (Fsp3) is 0.400. The van der Waals surface area contributed by atoms with Crippen molar-refractivity contribution in [2.75, 3.05) is 13.2 Å². The Morgan fingerprint density at radius 1 is 1.31 bits per heavy atom. The summed E-state index contributed by atoms with van der Waals surface area (Å²) in [4.78, 5) is 0. The maximum atomic E-state index is 9.54. The molecule has 72 valence electrons. The summed E-state index contributed by atoms with van der Waals surface area (Å²) in [5.41, 5.74) is 0.756. The van der Waals surface area contributed by atoms with Crippen LogP contribution in [0.15, 0.2) is 24.3 Å². The van der Waals surface area contributed by atoms with Crippen molar-refractivity contribution in [2.45, 2.75) is 13.0 Å². The molecule has 0 radical (unpaired) electrons. The number of benzene rings is 1. The molecule has 0 aliphatic rings. The van der Waals surface area contributed by atoms with E-state index < -0.39 is 6.10 Å². The van der Waals surface area contributed by atoms with Crippen LogP contribution >= 0.6 is 0 Å². The van der Waals surface area contributed by atoms with E-state index in [9.17, 15) is 5.11 Å². The van der Waals surface area contributed by atoms with E-state index >= 15 is 0 Å². The molecule has 1 aromatic carbocycles. The molecule has 3 nitrogen and oxygen atoms in total. The standard InChI is InChI=1S/C10H14O3/c1-2-13-7-10(12)8-3-5-9(11)6-4-8/h3-6,10-12H,2,7H2,1H3. The lowest BCUT2D eigenvalue weighted by molar-refractivity contribution is 0.0420. The molecule has 0 amide bonds. The highest BCUT2D eigenvalue weighted by molar-refractivity contribution is 5.27. The van der Waals surface area contributed by atoms with Gasteiger partial charge in [-0.25, -0.2) is 0 Å². The number of aromatic hydroxyl groups is 1. The highest BCUT2D eigenvalue weighted by atomic mass is 16.5. The van der Waals surface area contributed by atoms with Crippen molar-refractivity contribution in [3.63, 3.8) is 0 Å². The number of rotatable bonds is 4. The molecule has 0 fully saturated rings. The second kappa shape index (κ2) is 4.84. The Kier molecular flexibility index (Phi) is 3.73. The van der Waals surface area contributed by atoms with Crippen LogP contribution < -0.4 is 0 Å². The van der Waals surface area contributed by atoms with Crippen LogP contribution in [0.1, 0.15) is 18.6 Å². The van der Waals surface area contributed by atoms with Gasteiger partial charge in [-0.3, -0.25) is 0 Å². The van der Waals surface area contributed by atoms with E-state index in [0.717, 1.165) is 5.56 Å². The molecular formula is C10H14O3. The van der Waals surface area contributed by atoms with Crippen LogP contribution in [-0.4, -0.2) is 23.4 Å². The summed E-state index contributed by atoms with van der Waals surface area (Å²) in [6.07, 6.45) is -0.611. The summed E-state index contributed by atoms with van der Waals surface area (Å²) >= 11 is 0. The Morgan fingerprint density at radius 2 is 1.92 bits per heavy atom. The third kappa shape index (κ3) is 3.05. The Morgan fingerprint density at radius 3 is 2.46 bits per heavy atom. The van der Waals surface area contributed by atoms with Crippen LogP contribution in [0.5, 0.6) is 5.75 Å². The second-order valence-electron chi connectivity index (χ2n) is 2.77.